The van der Waals surface area contributed by atoms with Gasteiger partial charge < -0.3 is 9.47 Å². The van der Waals surface area contributed by atoms with Gasteiger partial charge in [-0.3, -0.25) is 0 Å². The van der Waals surface area contributed by atoms with Crippen LogP contribution in [0.25, 0.3) is 0 Å². The van der Waals surface area contributed by atoms with Crippen LogP contribution in [0.15, 0.2) is 23.7 Å². The molecule has 62 valence electrons. The van der Waals surface area contributed by atoms with Gasteiger partial charge in [0.05, 0.1) is 25.7 Å². The van der Waals surface area contributed by atoms with Crippen LogP contribution < -0.4 is 0 Å². The molecule has 0 unspecified atom stereocenters. The number of hydrogen-bond acceptors (Lipinski definition) is 2. The fraction of sp³-hybridized carbons (Fsp3) is 0.556. The lowest BCUT2D eigenvalue weighted by molar-refractivity contribution is 0.252. The lowest BCUT2D eigenvalue weighted by Gasteiger charge is -2.04. The van der Waals surface area contributed by atoms with E-state index in [0.717, 1.165) is 30.8 Å². The van der Waals surface area contributed by atoms with Gasteiger partial charge >= 0.3 is 0 Å². The minimum absolute atomic E-state index is 0.923. The van der Waals surface area contributed by atoms with Gasteiger partial charge in [-0.1, -0.05) is 0 Å². The molecule has 0 heterocycles. The number of allylic oxidation sites excluding steroid dienone is 4. The van der Waals surface area contributed by atoms with Gasteiger partial charge in [0.15, 0.2) is 0 Å². The number of hydrogen-bond donors (Lipinski definition) is 0. The van der Waals surface area contributed by atoms with Crippen molar-refractivity contribution in [3.63, 3.8) is 0 Å². The second kappa shape index (κ2) is 4.06. The van der Waals surface area contributed by atoms with Crippen molar-refractivity contribution < 1.29 is 9.47 Å². The van der Waals surface area contributed by atoms with Crippen molar-refractivity contribution in [3.05, 3.63) is 23.7 Å². The Balaban J connectivity index is 2.48. The summed E-state index contributed by atoms with van der Waals surface area (Å²) in [6.07, 6.45) is 7.01. The van der Waals surface area contributed by atoms with Crippen molar-refractivity contribution in [1.82, 2.24) is 0 Å². The van der Waals surface area contributed by atoms with Gasteiger partial charge in [0.1, 0.15) is 0 Å². The molecule has 1 rings (SSSR count). The van der Waals surface area contributed by atoms with E-state index in [1.54, 1.807) is 14.2 Å². The highest BCUT2D eigenvalue weighted by atomic mass is 16.5. The van der Waals surface area contributed by atoms with E-state index in [0.29, 0.717) is 0 Å². The minimum atomic E-state index is 0.923. The lowest BCUT2D eigenvalue weighted by atomic mass is 10.2. The molecule has 1 aliphatic rings. The maximum Gasteiger partial charge on any atom is 0.0923 e. The smallest absolute Gasteiger partial charge is 0.0923 e. The molecule has 0 aromatic rings. The van der Waals surface area contributed by atoms with Crippen LogP contribution in [0.3, 0.4) is 0 Å². The predicted octanol–water partition coefficient (Wildman–Crippen LogP) is 2.23. The molecule has 0 amide bonds. The van der Waals surface area contributed by atoms with Crippen LogP contribution in [-0.2, 0) is 9.47 Å². The van der Waals surface area contributed by atoms with Crippen molar-refractivity contribution in [3.8, 4) is 0 Å². The highest BCUT2D eigenvalue weighted by Crippen LogP contribution is 2.18. The molecule has 1 aliphatic carbocycles. The lowest BCUT2D eigenvalue weighted by Crippen LogP contribution is -1.88. The van der Waals surface area contributed by atoms with Crippen LogP contribution in [0.2, 0.25) is 0 Å². The Morgan fingerprint density at radius 3 is 1.82 bits per heavy atom. The second-order valence-corrected chi connectivity index (χ2v) is 2.48. The highest BCUT2D eigenvalue weighted by molar-refractivity contribution is 5.08. The first kappa shape index (κ1) is 8.18. The zero-order chi connectivity index (χ0) is 8.10. The summed E-state index contributed by atoms with van der Waals surface area (Å²) in [6.45, 7) is 0. The third-order valence-corrected chi connectivity index (χ3v) is 1.83. The van der Waals surface area contributed by atoms with E-state index in [4.69, 9.17) is 9.47 Å². The van der Waals surface area contributed by atoms with Gasteiger partial charge in [-0.05, 0) is 18.6 Å². The van der Waals surface area contributed by atoms with Crippen LogP contribution in [0.5, 0.6) is 0 Å². The van der Waals surface area contributed by atoms with Crippen LogP contribution in [0, 0.1) is 0 Å². The van der Waals surface area contributed by atoms with Crippen LogP contribution >= 0.6 is 0 Å². The zero-order valence-corrected chi connectivity index (χ0v) is 7.09. The van der Waals surface area contributed by atoms with E-state index in [9.17, 15) is 0 Å². The molecule has 0 N–H and O–H groups in total. The molecule has 0 aliphatic heterocycles. The predicted molar refractivity (Wildman–Crippen MR) is 44.0 cm³/mol. The molecule has 0 spiro atoms. The average molecular weight is 154 g/mol. The normalized spacial score (nSPS) is 18.0. The molecule has 0 aromatic carbocycles. The summed E-state index contributed by atoms with van der Waals surface area (Å²) in [5, 5.41) is 0. The standard InChI is InChI=1S/C9H14O2/c1-10-8-4-3-5-9(11-2)7-6-8/h4-5H,3,6-7H2,1-2H3. The minimum Gasteiger partial charge on any atom is -0.501 e. The first-order valence-electron chi connectivity index (χ1n) is 3.83. The van der Waals surface area contributed by atoms with E-state index in [2.05, 4.69) is 12.2 Å². The SMILES string of the molecule is COC1=CCC=C(OC)CC1. The molecular weight excluding hydrogens is 140 g/mol. The molecule has 0 radical (unpaired) electrons. The summed E-state index contributed by atoms with van der Waals surface area (Å²) in [4.78, 5) is 0. The van der Waals surface area contributed by atoms with E-state index in [1.807, 2.05) is 0 Å². The molecule has 0 saturated carbocycles. The van der Waals surface area contributed by atoms with Gasteiger partial charge in [-0.25, -0.2) is 0 Å². The van der Waals surface area contributed by atoms with E-state index < -0.39 is 0 Å². The van der Waals surface area contributed by atoms with Crippen LogP contribution in [0.1, 0.15) is 19.3 Å². The van der Waals surface area contributed by atoms with Crippen molar-refractivity contribution in [2.75, 3.05) is 14.2 Å². The fourth-order valence-electron chi connectivity index (χ4n) is 1.14. The molecule has 11 heavy (non-hydrogen) atoms. The van der Waals surface area contributed by atoms with Gasteiger partial charge in [-0.2, -0.15) is 0 Å². The van der Waals surface area contributed by atoms with Crippen molar-refractivity contribution in [1.29, 1.82) is 0 Å². The maximum atomic E-state index is 5.14. The Morgan fingerprint density at radius 1 is 1.00 bits per heavy atom. The Hall–Kier alpha value is -0.920. The Morgan fingerprint density at radius 2 is 1.45 bits per heavy atom. The summed E-state index contributed by atoms with van der Waals surface area (Å²) in [6, 6.07) is 0. The molecule has 0 fully saturated rings. The molecule has 2 nitrogen and oxygen atoms in total. The fourth-order valence-corrected chi connectivity index (χ4v) is 1.14. The van der Waals surface area contributed by atoms with Crippen molar-refractivity contribution in [2.24, 2.45) is 0 Å². The average Bonchev–Trinajstić information content (AvgIpc) is 2.28. The first-order chi connectivity index (χ1) is 5.36. The van der Waals surface area contributed by atoms with Gasteiger partial charge in [-0.15, -0.1) is 0 Å². The summed E-state index contributed by atoms with van der Waals surface area (Å²) in [7, 11) is 3.42. The summed E-state index contributed by atoms with van der Waals surface area (Å²) < 4.78 is 10.3. The van der Waals surface area contributed by atoms with Gasteiger partial charge in [0, 0.05) is 12.8 Å². The largest absolute Gasteiger partial charge is 0.501 e. The highest BCUT2D eigenvalue weighted by Gasteiger charge is 2.04. The monoisotopic (exact) mass is 154 g/mol. The van der Waals surface area contributed by atoms with Gasteiger partial charge in [0.25, 0.3) is 0 Å². The number of methoxy groups -OCH3 is 2. The first-order valence-corrected chi connectivity index (χ1v) is 3.83. The number of rotatable bonds is 2. The third kappa shape index (κ3) is 2.30. The van der Waals surface area contributed by atoms with E-state index in [1.165, 1.54) is 0 Å². The topological polar surface area (TPSA) is 18.5 Å². The quantitative estimate of drug-likeness (QED) is 0.607. The van der Waals surface area contributed by atoms with Crippen molar-refractivity contribution in [2.45, 2.75) is 19.3 Å². The van der Waals surface area contributed by atoms with E-state index in [-0.39, 0.29) is 0 Å². The van der Waals surface area contributed by atoms with Gasteiger partial charge in [0.2, 0.25) is 0 Å². The van der Waals surface area contributed by atoms with Crippen LogP contribution in [-0.4, -0.2) is 14.2 Å². The Labute approximate surface area is 67.5 Å². The Bertz CT molecular complexity index is 160. The maximum absolute atomic E-state index is 5.14. The third-order valence-electron chi connectivity index (χ3n) is 1.83. The molecular formula is C9H14O2. The molecule has 2 heteroatoms. The summed E-state index contributed by atoms with van der Waals surface area (Å²) in [5.74, 6) is 2.13. The number of ether oxygens (including phenoxy) is 2. The molecule has 0 aromatic heterocycles. The molecule has 0 saturated heterocycles. The van der Waals surface area contributed by atoms with Crippen LogP contribution in [0.4, 0.5) is 0 Å². The van der Waals surface area contributed by atoms with E-state index >= 15 is 0 Å². The van der Waals surface area contributed by atoms with Crippen molar-refractivity contribution >= 4 is 0 Å². The summed E-state index contributed by atoms with van der Waals surface area (Å²) >= 11 is 0. The second-order valence-electron chi connectivity index (χ2n) is 2.48. The molecule has 0 bridgehead atoms. The molecule has 0 atom stereocenters. The Kier molecular flexibility index (Phi) is 3.02. The zero-order valence-electron chi connectivity index (χ0n) is 7.09. The summed E-state index contributed by atoms with van der Waals surface area (Å²) in [5.41, 5.74) is 0.